The number of hydrogen-bond donors (Lipinski definition) is 0. The molecule has 0 amide bonds. The topological polar surface area (TPSA) is 26.3 Å². The Balaban J connectivity index is 1.20. The summed E-state index contributed by atoms with van der Waals surface area (Å²) in [5.74, 6) is 5.21. The maximum atomic E-state index is 12.8. The number of carbonyl (C=O) groups is 1. The Bertz CT molecular complexity index is 684. The minimum absolute atomic E-state index is 0.00584. The molecule has 0 spiro atoms. The lowest BCUT2D eigenvalue weighted by atomic mass is 9.69. The molecule has 3 aliphatic carbocycles. The zero-order valence-corrected chi connectivity index (χ0v) is 20.7. The van der Waals surface area contributed by atoms with Crippen molar-refractivity contribution in [3.63, 3.8) is 0 Å². The van der Waals surface area contributed by atoms with Gasteiger partial charge < -0.3 is 4.74 Å². The Morgan fingerprint density at radius 3 is 1.88 bits per heavy atom. The van der Waals surface area contributed by atoms with Crippen LogP contribution in [0, 0.1) is 29.6 Å². The third-order valence-corrected chi connectivity index (χ3v) is 9.35. The predicted molar refractivity (Wildman–Crippen MR) is 133 cm³/mol. The Kier molecular flexibility index (Phi) is 8.72. The van der Waals surface area contributed by atoms with Crippen molar-refractivity contribution in [1.82, 2.24) is 0 Å². The van der Waals surface area contributed by atoms with Crippen LogP contribution in [-0.4, -0.2) is 5.97 Å². The lowest BCUT2D eigenvalue weighted by Gasteiger charge is -2.37. The van der Waals surface area contributed by atoms with E-state index in [1.54, 1.807) is 0 Å². The molecule has 1 aromatic rings. The first-order valence-electron chi connectivity index (χ1n) is 14.0. The highest BCUT2D eigenvalue weighted by Gasteiger charge is 2.33. The molecule has 0 saturated heterocycles. The zero-order chi connectivity index (χ0) is 22.3. The Hall–Kier alpha value is -1.31. The van der Waals surface area contributed by atoms with Crippen molar-refractivity contribution >= 4 is 5.97 Å². The second-order valence-corrected chi connectivity index (χ2v) is 11.3. The largest absolute Gasteiger partial charge is 0.426 e. The summed E-state index contributed by atoms with van der Waals surface area (Å²) >= 11 is 0. The van der Waals surface area contributed by atoms with Crippen LogP contribution in [0.2, 0.25) is 0 Å². The van der Waals surface area contributed by atoms with Crippen molar-refractivity contribution in [1.29, 1.82) is 0 Å². The minimum Gasteiger partial charge on any atom is -0.426 e. The summed E-state index contributed by atoms with van der Waals surface area (Å²) in [5, 5.41) is 0. The quantitative estimate of drug-likeness (QED) is 0.314. The van der Waals surface area contributed by atoms with Gasteiger partial charge in [-0.1, -0.05) is 58.1 Å². The van der Waals surface area contributed by atoms with Crippen molar-refractivity contribution in [2.24, 2.45) is 29.6 Å². The fourth-order valence-corrected chi connectivity index (χ4v) is 7.09. The van der Waals surface area contributed by atoms with Crippen LogP contribution < -0.4 is 4.74 Å². The van der Waals surface area contributed by atoms with Gasteiger partial charge in [-0.05, 0) is 111 Å². The van der Waals surface area contributed by atoms with Crippen LogP contribution in [0.5, 0.6) is 5.75 Å². The molecule has 0 aromatic heterocycles. The molecule has 0 heterocycles. The fourth-order valence-electron chi connectivity index (χ4n) is 7.09. The van der Waals surface area contributed by atoms with Crippen molar-refractivity contribution in [2.45, 2.75) is 116 Å². The molecular formula is C30H46O2. The number of hydrogen-bond acceptors (Lipinski definition) is 2. The summed E-state index contributed by atoms with van der Waals surface area (Å²) < 4.78 is 5.81. The van der Waals surface area contributed by atoms with Crippen LogP contribution >= 0.6 is 0 Å². The van der Waals surface area contributed by atoms with Crippen LogP contribution in [-0.2, 0) is 4.79 Å². The molecule has 2 nitrogen and oxygen atoms in total. The van der Waals surface area contributed by atoms with Gasteiger partial charge in [0.25, 0.3) is 0 Å². The molecule has 0 bridgehead atoms. The Labute approximate surface area is 196 Å². The highest BCUT2D eigenvalue weighted by Crippen LogP contribution is 2.42. The molecule has 4 rings (SSSR count). The average Bonchev–Trinajstić information content (AvgIpc) is 2.85. The van der Waals surface area contributed by atoms with E-state index in [4.69, 9.17) is 4.74 Å². The molecule has 2 heteroatoms. The first kappa shape index (κ1) is 23.8. The van der Waals surface area contributed by atoms with E-state index in [0.29, 0.717) is 5.92 Å². The molecular weight excluding hydrogens is 392 g/mol. The second-order valence-electron chi connectivity index (χ2n) is 11.3. The van der Waals surface area contributed by atoms with Crippen molar-refractivity contribution < 1.29 is 9.53 Å². The maximum absolute atomic E-state index is 12.8. The van der Waals surface area contributed by atoms with Gasteiger partial charge in [-0.15, -0.1) is 0 Å². The summed E-state index contributed by atoms with van der Waals surface area (Å²) in [6.07, 6.45) is 19.7. The van der Waals surface area contributed by atoms with E-state index in [1.165, 1.54) is 89.0 Å². The molecule has 1 aromatic carbocycles. The average molecular weight is 439 g/mol. The first-order chi connectivity index (χ1) is 15.7. The van der Waals surface area contributed by atoms with E-state index in [0.717, 1.165) is 42.3 Å². The van der Waals surface area contributed by atoms with Crippen molar-refractivity contribution in [3.05, 3.63) is 29.8 Å². The molecule has 3 aliphatic rings. The molecule has 3 fully saturated rings. The van der Waals surface area contributed by atoms with Crippen LogP contribution in [0.15, 0.2) is 24.3 Å². The molecule has 0 atom stereocenters. The first-order valence-corrected chi connectivity index (χ1v) is 14.0. The summed E-state index contributed by atoms with van der Waals surface area (Å²) in [5.41, 5.74) is 1.42. The molecule has 32 heavy (non-hydrogen) atoms. The van der Waals surface area contributed by atoms with Crippen LogP contribution in [0.4, 0.5) is 0 Å². The van der Waals surface area contributed by atoms with E-state index in [1.807, 2.05) is 12.1 Å². The number of ether oxygens (including phenoxy) is 1. The predicted octanol–water partition coefficient (Wildman–Crippen LogP) is 8.69. The molecule has 0 N–H and O–H groups in total. The number of carbonyl (C=O) groups excluding carboxylic acids is 1. The van der Waals surface area contributed by atoms with Gasteiger partial charge in [-0.25, -0.2) is 0 Å². The van der Waals surface area contributed by atoms with Gasteiger partial charge in [0.1, 0.15) is 5.75 Å². The third-order valence-electron chi connectivity index (χ3n) is 9.35. The Morgan fingerprint density at radius 1 is 0.750 bits per heavy atom. The molecule has 0 radical (unpaired) electrons. The van der Waals surface area contributed by atoms with E-state index < -0.39 is 0 Å². The molecule has 3 saturated carbocycles. The third kappa shape index (κ3) is 6.17. The summed E-state index contributed by atoms with van der Waals surface area (Å²) in [6.45, 7) is 4.64. The summed E-state index contributed by atoms with van der Waals surface area (Å²) in [4.78, 5) is 12.8. The highest BCUT2D eigenvalue weighted by atomic mass is 16.5. The molecule has 0 unspecified atom stereocenters. The number of benzene rings is 1. The van der Waals surface area contributed by atoms with Crippen LogP contribution in [0.3, 0.4) is 0 Å². The van der Waals surface area contributed by atoms with E-state index in [9.17, 15) is 4.79 Å². The molecule has 178 valence electrons. The van der Waals surface area contributed by atoms with E-state index >= 15 is 0 Å². The van der Waals surface area contributed by atoms with Crippen LogP contribution in [0.1, 0.15) is 122 Å². The van der Waals surface area contributed by atoms with Gasteiger partial charge in [-0.3, -0.25) is 4.79 Å². The SMILES string of the molecule is CCCC1CCC(C2CCC(C(=O)Oc3ccc(C4CCC(CC)CC4)cc3)CC2)CC1. The van der Waals surface area contributed by atoms with E-state index in [-0.39, 0.29) is 11.9 Å². The standard InChI is InChI=1S/C30H46O2/c1-3-5-23-8-12-25(13-9-23)26-14-16-28(17-15-26)30(31)32-29-20-18-27(19-21-29)24-10-6-22(4-2)7-11-24/h18-26,28H,3-17H2,1-2H3. The number of rotatable bonds is 7. The van der Waals surface area contributed by atoms with Gasteiger partial charge in [0.15, 0.2) is 0 Å². The van der Waals surface area contributed by atoms with Crippen molar-refractivity contribution in [2.75, 3.05) is 0 Å². The Morgan fingerprint density at radius 2 is 1.31 bits per heavy atom. The summed E-state index contributed by atoms with van der Waals surface area (Å²) in [7, 11) is 0. The maximum Gasteiger partial charge on any atom is 0.314 e. The monoisotopic (exact) mass is 438 g/mol. The number of esters is 1. The summed E-state index contributed by atoms with van der Waals surface area (Å²) in [6, 6.07) is 8.45. The van der Waals surface area contributed by atoms with Gasteiger partial charge in [0.2, 0.25) is 0 Å². The normalized spacial score (nSPS) is 33.6. The smallest absolute Gasteiger partial charge is 0.314 e. The van der Waals surface area contributed by atoms with Gasteiger partial charge in [0.05, 0.1) is 5.92 Å². The van der Waals surface area contributed by atoms with Gasteiger partial charge in [-0.2, -0.15) is 0 Å². The van der Waals surface area contributed by atoms with Gasteiger partial charge in [0, 0.05) is 0 Å². The lowest BCUT2D eigenvalue weighted by molar-refractivity contribution is -0.140. The fraction of sp³-hybridized carbons (Fsp3) is 0.767. The van der Waals surface area contributed by atoms with Crippen molar-refractivity contribution in [3.8, 4) is 5.75 Å². The lowest BCUT2D eigenvalue weighted by Crippen LogP contribution is -2.30. The molecule has 0 aliphatic heterocycles. The van der Waals surface area contributed by atoms with Crippen LogP contribution in [0.25, 0.3) is 0 Å². The highest BCUT2D eigenvalue weighted by molar-refractivity contribution is 5.75. The van der Waals surface area contributed by atoms with E-state index in [2.05, 4.69) is 26.0 Å². The second kappa shape index (κ2) is 11.7. The van der Waals surface area contributed by atoms with Gasteiger partial charge >= 0.3 is 5.97 Å². The minimum atomic E-state index is 0.00584. The zero-order valence-electron chi connectivity index (χ0n) is 20.7.